The fourth-order valence-electron chi connectivity index (χ4n) is 2.71. The molecule has 0 fully saturated rings. The van der Waals surface area contributed by atoms with Crippen LogP contribution in [0.15, 0.2) is 47.4 Å². The number of benzene rings is 2. The molecule has 2 aromatic carbocycles. The minimum Gasteiger partial charge on any atom is -0.323 e. The van der Waals surface area contributed by atoms with E-state index in [2.05, 4.69) is 24.3 Å². The molecule has 98 valence electrons. The lowest BCUT2D eigenvalue weighted by molar-refractivity contribution is 0.594. The lowest BCUT2D eigenvalue weighted by Gasteiger charge is -2.22. The van der Waals surface area contributed by atoms with Gasteiger partial charge in [0.2, 0.25) is 0 Å². The molecule has 2 unspecified atom stereocenters. The molecule has 0 spiro atoms. The smallest absolute Gasteiger partial charge is 0.123 e. The molecule has 19 heavy (non-hydrogen) atoms. The monoisotopic (exact) mass is 273 g/mol. The fraction of sp³-hybridized carbons (Fsp3) is 0.250. The summed E-state index contributed by atoms with van der Waals surface area (Å²) in [6.45, 7) is 1.92. The van der Waals surface area contributed by atoms with Gasteiger partial charge in [-0.3, -0.25) is 0 Å². The predicted octanol–water partition coefficient (Wildman–Crippen LogP) is 4.02. The maximum absolute atomic E-state index is 13.2. The van der Waals surface area contributed by atoms with Gasteiger partial charge in [-0.15, -0.1) is 11.8 Å². The number of thioether (sulfide) groups is 1. The van der Waals surface area contributed by atoms with Gasteiger partial charge in [0.25, 0.3) is 0 Å². The zero-order valence-electron chi connectivity index (χ0n) is 10.8. The number of hydrogen-bond acceptors (Lipinski definition) is 2. The largest absolute Gasteiger partial charge is 0.323 e. The Kier molecular flexibility index (Phi) is 3.33. The summed E-state index contributed by atoms with van der Waals surface area (Å²) in [4.78, 5) is 1.32. The topological polar surface area (TPSA) is 26.0 Å². The molecule has 0 amide bonds. The number of hydrogen-bond donors (Lipinski definition) is 1. The van der Waals surface area contributed by atoms with Gasteiger partial charge < -0.3 is 5.73 Å². The number of fused-ring (bicyclic) bond motifs is 1. The van der Waals surface area contributed by atoms with Crippen molar-refractivity contribution in [3.63, 3.8) is 0 Å². The van der Waals surface area contributed by atoms with Gasteiger partial charge in [-0.05, 0) is 41.8 Å². The second kappa shape index (κ2) is 4.99. The van der Waals surface area contributed by atoms with Crippen LogP contribution in [-0.2, 0) is 0 Å². The van der Waals surface area contributed by atoms with E-state index >= 15 is 0 Å². The lowest BCUT2D eigenvalue weighted by atomic mass is 9.87. The molecule has 1 nitrogen and oxygen atoms in total. The van der Waals surface area contributed by atoms with E-state index in [1.54, 1.807) is 6.07 Å². The van der Waals surface area contributed by atoms with E-state index in [0.29, 0.717) is 5.92 Å². The highest BCUT2D eigenvalue weighted by molar-refractivity contribution is 7.99. The maximum atomic E-state index is 13.2. The van der Waals surface area contributed by atoms with Crippen LogP contribution in [-0.4, -0.2) is 5.75 Å². The van der Waals surface area contributed by atoms with Crippen LogP contribution in [0.2, 0.25) is 0 Å². The second-order valence-electron chi connectivity index (χ2n) is 4.98. The van der Waals surface area contributed by atoms with E-state index in [9.17, 15) is 4.39 Å². The van der Waals surface area contributed by atoms with Crippen molar-refractivity contribution in [3.05, 3.63) is 65.0 Å². The third-order valence-electron chi connectivity index (χ3n) is 3.76. The third kappa shape index (κ3) is 2.28. The molecule has 3 rings (SSSR count). The van der Waals surface area contributed by atoms with Crippen LogP contribution in [0.4, 0.5) is 4.39 Å². The Morgan fingerprint density at radius 2 is 2.05 bits per heavy atom. The molecule has 2 aromatic rings. The molecule has 1 aliphatic heterocycles. The Morgan fingerprint density at radius 1 is 1.26 bits per heavy atom. The summed E-state index contributed by atoms with van der Waals surface area (Å²) in [7, 11) is 0. The lowest BCUT2D eigenvalue weighted by Crippen LogP contribution is -2.20. The van der Waals surface area contributed by atoms with E-state index in [1.807, 2.05) is 24.8 Å². The van der Waals surface area contributed by atoms with Crippen LogP contribution in [0, 0.1) is 12.7 Å². The van der Waals surface area contributed by atoms with Crippen molar-refractivity contribution in [2.24, 2.45) is 5.73 Å². The van der Waals surface area contributed by atoms with Gasteiger partial charge in [0.1, 0.15) is 5.82 Å². The third-order valence-corrected chi connectivity index (χ3v) is 4.97. The number of halogens is 1. The molecule has 2 N–H and O–H groups in total. The summed E-state index contributed by atoms with van der Waals surface area (Å²) in [6.07, 6.45) is 0. The number of aryl methyl sites for hydroxylation is 1. The van der Waals surface area contributed by atoms with Crippen molar-refractivity contribution in [1.82, 2.24) is 0 Å². The Bertz CT molecular complexity index is 611. The SMILES string of the molecule is Cc1cc(F)ccc1C(N)C1CSc2ccccc21. The normalized spacial score (nSPS) is 19.2. The quantitative estimate of drug-likeness (QED) is 0.894. The molecule has 0 radical (unpaired) electrons. The van der Waals surface area contributed by atoms with Crippen molar-refractivity contribution in [2.75, 3.05) is 5.75 Å². The molecular formula is C16H16FNS. The number of rotatable bonds is 2. The zero-order chi connectivity index (χ0) is 13.4. The van der Waals surface area contributed by atoms with E-state index in [1.165, 1.54) is 16.5 Å². The predicted molar refractivity (Wildman–Crippen MR) is 78.0 cm³/mol. The Hall–Kier alpha value is -1.32. The van der Waals surface area contributed by atoms with Crippen molar-refractivity contribution >= 4 is 11.8 Å². The molecule has 2 atom stereocenters. The van der Waals surface area contributed by atoms with Gasteiger partial charge in [0.15, 0.2) is 0 Å². The first-order valence-corrected chi connectivity index (χ1v) is 7.39. The molecule has 0 saturated heterocycles. The molecular weight excluding hydrogens is 257 g/mol. The average molecular weight is 273 g/mol. The molecule has 0 aliphatic carbocycles. The summed E-state index contributed by atoms with van der Waals surface area (Å²) >= 11 is 1.85. The Morgan fingerprint density at radius 3 is 2.84 bits per heavy atom. The molecule has 0 saturated carbocycles. The Balaban J connectivity index is 1.95. The van der Waals surface area contributed by atoms with Crippen molar-refractivity contribution < 1.29 is 4.39 Å². The van der Waals surface area contributed by atoms with Gasteiger partial charge in [0.05, 0.1) is 0 Å². The standard InChI is InChI=1S/C16H16FNS/c1-10-8-11(17)6-7-12(10)16(18)14-9-19-15-5-3-2-4-13(14)15/h2-8,14,16H,9,18H2,1H3. The zero-order valence-corrected chi connectivity index (χ0v) is 11.6. The summed E-state index contributed by atoms with van der Waals surface area (Å²) < 4.78 is 13.2. The van der Waals surface area contributed by atoms with E-state index < -0.39 is 0 Å². The van der Waals surface area contributed by atoms with E-state index in [-0.39, 0.29) is 11.9 Å². The van der Waals surface area contributed by atoms with Gasteiger partial charge in [-0.2, -0.15) is 0 Å². The van der Waals surface area contributed by atoms with Gasteiger partial charge in [-0.25, -0.2) is 4.39 Å². The highest BCUT2D eigenvalue weighted by Crippen LogP contribution is 2.44. The molecule has 0 bridgehead atoms. The van der Waals surface area contributed by atoms with Crippen LogP contribution in [0.3, 0.4) is 0 Å². The van der Waals surface area contributed by atoms with Crippen molar-refractivity contribution in [1.29, 1.82) is 0 Å². The van der Waals surface area contributed by atoms with Crippen LogP contribution in [0.25, 0.3) is 0 Å². The number of nitrogens with two attached hydrogens (primary N) is 1. The molecule has 0 aromatic heterocycles. The van der Waals surface area contributed by atoms with Crippen LogP contribution in [0.1, 0.15) is 28.7 Å². The van der Waals surface area contributed by atoms with Crippen LogP contribution in [0.5, 0.6) is 0 Å². The van der Waals surface area contributed by atoms with Crippen molar-refractivity contribution in [2.45, 2.75) is 23.8 Å². The van der Waals surface area contributed by atoms with Crippen molar-refractivity contribution in [3.8, 4) is 0 Å². The highest BCUT2D eigenvalue weighted by Gasteiger charge is 2.29. The van der Waals surface area contributed by atoms with Gasteiger partial charge in [-0.1, -0.05) is 24.3 Å². The second-order valence-corrected chi connectivity index (χ2v) is 6.04. The molecule has 3 heteroatoms. The molecule has 1 heterocycles. The minimum absolute atomic E-state index is 0.0725. The van der Waals surface area contributed by atoms with Gasteiger partial charge in [0, 0.05) is 22.6 Å². The highest BCUT2D eigenvalue weighted by atomic mass is 32.2. The maximum Gasteiger partial charge on any atom is 0.123 e. The first-order valence-electron chi connectivity index (χ1n) is 6.40. The van der Waals surface area contributed by atoms with Gasteiger partial charge >= 0.3 is 0 Å². The summed E-state index contributed by atoms with van der Waals surface area (Å²) in [5.74, 6) is 1.11. The first kappa shape index (κ1) is 12.7. The summed E-state index contributed by atoms with van der Waals surface area (Å²) in [6, 6.07) is 13.2. The average Bonchev–Trinajstić information content (AvgIpc) is 2.82. The molecule has 1 aliphatic rings. The van der Waals surface area contributed by atoms with E-state index in [0.717, 1.165) is 16.9 Å². The minimum atomic E-state index is -0.199. The Labute approximate surface area is 117 Å². The summed E-state index contributed by atoms with van der Waals surface area (Å²) in [5.41, 5.74) is 9.73. The van der Waals surface area contributed by atoms with Crippen LogP contribution < -0.4 is 5.73 Å². The first-order chi connectivity index (χ1) is 9.16. The van der Waals surface area contributed by atoms with E-state index in [4.69, 9.17) is 5.73 Å². The van der Waals surface area contributed by atoms with Crippen LogP contribution >= 0.6 is 11.8 Å². The summed E-state index contributed by atoms with van der Waals surface area (Å²) in [5, 5.41) is 0. The fourth-order valence-corrected chi connectivity index (χ4v) is 4.02.